The summed E-state index contributed by atoms with van der Waals surface area (Å²) in [6, 6.07) is 3.92. The van der Waals surface area contributed by atoms with Crippen LogP contribution < -0.4 is 20.1 Å². The molecule has 2 aliphatic heterocycles. The quantitative estimate of drug-likeness (QED) is 0.269. The van der Waals surface area contributed by atoms with Crippen molar-refractivity contribution in [3.05, 3.63) is 65.5 Å². The molecule has 3 heterocycles. The summed E-state index contributed by atoms with van der Waals surface area (Å²) in [4.78, 5) is 44.4. The average molecular weight is 553 g/mol. The lowest BCUT2D eigenvalue weighted by Crippen LogP contribution is -2.56. The molecule has 0 saturated heterocycles. The van der Waals surface area contributed by atoms with Crippen molar-refractivity contribution in [1.82, 2.24) is 20.5 Å². The molecule has 12 nitrogen and oxygen atoms in total. The van der Waals surface area contributed by atoms with Gasteiger partial charge in [0.15, 0.2) is 11.5 Å². The lowest BCUT2D eigenvalue weighted by atomic mass is 9.69. The molecular weight excluding hydrogens is 520 g/mol. The van der Waals surface area contributed by atoms with Gasteiger partial charge in [-0.3, -0.25) is 19.4 Å². The van der Waals surface area contributed by atoms with Crippen LogP contribution in [0.4, 0.5) is 0 Å². The standard InChI is InChI=1S/C28H32N4O8/c1-39-21-3-2-17-13-32(11-8-28-7-4-18(35)12-22(28)40-24(21)23(17)28)27(38)20(15-34)31-26(37)19(14-33)30-25(36)16-5-9-29-10-6-16/h2-7,9-10,18-20,22,33-35H,8,11-15H2,1H3,(H,30,36)(H,31,37)/t18-,19-,20-,22-,28-/m0/s1. The summed E-state index contributed by atoms with van der Waals surface area (Å²) in [5.74, 6) is -0.748. The minimum Gasteiger partial charge on any atom is -0.493 e. The first-order valence-electron chi connectivity index (χ1n) is 13.1. The molecule has 1 aromatic heterocycles. The number of carbonyl (C=O) groups is 3. The lowest BCUT2D eigenvalue weighted by molar-refractivity contribution is -0.138. The Hall–Kier alpha value is -4.00. The fourth-order valence-electron chi connectivity index (χ4n) is 5.74. The van der Waals surface area contributed by atoms with Crippen LogP contribution in [0, 0.1) is 0 Å². The summed E-state index contributed by atoms with van der Waals surface area (Å²) < 4.78 is 11.8. The van der Waals surface area contributed by atoms with Crippen LogP contribution in [0.2, 0.25) is 0 Å². The second kappa shape index (κ2) is 11.2. The predicted molar refractivity (Wildman–Crippen MR) is 140 cm³/mol. The molecule has 0 radical (unpaired) electrons. The molecule has 1 aromatic carbocycles. The number of methoxy groups -OCH3 is 1. The molecule has 12 heteroatoms. The first-order valence-corrected chi connectivity index (χ1v) is 13.1. The second-order valence-corrected chi connectivity index (χ2v) is 10.1. The normalized spacial score (nSPS) is 24.1. The molecule has 0 saturated carbocycles. The molecule has 1 aliphatic carbocycles. The Labute approximate surface area is 230 Å². The summed E-state index contributed by atoms with van der Waals surface area (Å²) in [5.41, 5.74) is 1.44. The van der Waals surface area contributed by atoms with Crippen LogP contribution in [0.3, 0.4) is 0 Å². The smallest absolute Gasteiger partial charge is 0.252 e. The van der Waals surface area contributed by atoms with Gasteiger partial charge in [-0.05, 0) is 30.2 Å². The molecule has 0 bridgehead atoms. The van der Waals surface area contributed by atoms with Crippen LogP contribution in [0.1, 0.15) is 34.3 Å². The molecule has 5 N–H and O–H groups in total. The van der Waals surface area contributed by atoms with E-state index in [-0.39, 0.29) is 18.2 Å². The Kier molecular flexibility index (Phi) is 7.74. The van der Waals surface area contributed by atoms with Gasteiger partial charge in [-0.25, -0.2) is 0 Å². The zero-order valence-corrected chi connectivity index (χ0v) is 21.9. The third-order valence-electron chi connectivity index (χ3n) is 7.81. The van der Waals surface area contributed by atoms with Gasteiger partial charge in [0, 0.05) is 43.0 Å². The summed E-state index contributed by atoms with van der Waals surface area (Å²) in [6.45, 7) is -0.891. The maximum Gasteiger partial charge on any atom is 0.252 e. The number of carbonyl (C=O) groups excluding carboxylic acids is 3. The van der Waals surface area contributed by atoms with Crippen molar-refractivity contribution in [2.45, 2.75) is 49.1 Å². The van der Waals surface area contributed by atoms with Crippen LogP contribution in [-0.4, -0.2) is 94.1 Å². The van der Waals surface area contributed by atoms with E-state index in [0.29, 0.717) is 30.9 Å². The zero-order chi connectivity index (χ0) is 28.4. The second-order valence-electron chi connectivity index (χ2n) is 10.1. The van der Waals surface area contributed by atoms with E-state index in [1.807, 2.05) is 12.1 Å². The lowest BCUT2D eigenvalue weighted by Gasteiger charge is -2.36. The minimum atomic E-state index is -1.34. The minimum absolute atomic E-state index is 0.202. The fourth-order valence-corrected chi connectivity index (χ4v) is 5.74. The van der Waals surface area contributed by atoms with Crippen molar-refractivity contribution in [1.29, 1.82) is 0 Å². The van der Waals surface area contributed by atoms with Crippen molar-refractivity contribution < 1.29 is 39.2 Å². The zero-order valence-electron chi connectivity index (χ0n) is 21.9. The van der Waals surface area contributed by atoms with Crippen LogP contribution in [0.5, 0.6) is 11.5 Å². The van der Waals surface area contributed by atoms with Gasteiger partial charge in [-0.2, -0.15) is 0 Å². The third kappa shape index (κ3) is 4.89. The van der Waals surface area contributed by atoms with Crippen LogP contribution in [-0.2, 0) is 21.5 Å². The van der Waals surface area contributed by atoms with Gasteiger partial charge in [-0.1, -0.05) is 18.2 Å². The number of aliphatic hydroxyl groups is 3. The Bertz CT molecular complexity index is 1320. The number of hydrogen-bond acceptors (Lipinski definition) is 9. The van der Waals surface area contributed by atoms with Gasteiger partial charge in [0.2, 0.25) is 11.8 Å². The van der Waals surface area contributed by atoms with Crippen molar-refractivity contribution >= 4 is 17.7 Å². The van der Waals surface area contributed by atoms with E-state index in [2.05, 4.69) is 15.6 Å². The summed E-state index contributed by atoms with van der Waals surface area (Å²) in [6.07, 6.45) is 6.45. The number of ether oxygens (including phenoxy) is 2. The van der Waals surface area contributed by atoms with Crippen LogP contribution in [0.15, 0.2) is 48.8 Å². The Morgan fingerprint density at radius 3 is 2.60 bits per heavy atom. The van der Waals surface area contributed by atoms with Gasteiger partial charge in [0.05, 0.1) is 31.8 Å². The monoisotopic (exact) mass is 552 g/mol. The molecule has 3 amide bonds. The van der Waals surface area contributed by atoms with Gasteiger partial charge in [0.25, 0.3) is 5.91 Å². The number of pyridine rings is 1. The van der Waals surface area contributed by atoms with Crippen LogP contribution in [0.25, 0.3) is 0 Å². The first-order chi connectivity index (χ1) is 19.3. The Morgan fingerprint density at radius 2 is 1.90 bits per heavy atom. The molecule has 1 spiro atoms. The SMILES string of the molecule is COc1ccc2c3c1O[C@H]1C[C@@H](O)C=C[C@@]31CCN(C(=O)[C@H](CO)NC(=O)[C@H](CO)NC(=O)c1ccncc1)C2. The number of aromatic nitrogens is 1. The molecule has 212 valence electrons. The number of nitrogens with zero attached hydrogens (tertiary/aromatic N) is 2. The maximum atomic E-state index is 13.6. The van der Waals surface area contributed by atoms with E-state index < -0.39 is 54.5 Å². The highest BCUT2D eigenvalue weighted by atomic mass is 16.5. The number of aliphatic hydroxyl groups excluding tert-OH is 3. The van der Waals surface area contributed by atoms with E-state index in [1.54, 1.807) is 24.2 Å². The van der Waals surface area contributed by atoms with Crippen molar-refractivity contribution in [2.75, 3.05) is 26.9 Å². The fraction of sp³-hybridized carbons (Fsp3) is 0.429. The van der Waals surface area contributed by atoms with E-state index >= 15 is 0 Å². The molecule has 5 atom stereocenters. The number of nitrogens with one attached hydrogen (secondary N) is 2. The predicted octanol–water partition coefficient (Wildman–Crippen LogP) is -0.590. The first kappa shape index (κ1) is 27.6. The highest BCUT2D eigenvalue weighted by Gasteiger charge is 2.53. The van der Waals surface area contributed by atoms with Gasteiger partial charge >= 0.3 is 0 Å². The average Bonchev–Trinajstić information content (AvgIpc) is 3.21. The number of hydrogen-bond donors (Lipinski definition) is 5. The molecule has 0 unspecified atom stereocenters. The Balaban J connectivity index is 1.34. The van der Waals surface area contributed by atoms with E-state index in [9.17, 15) is 29.7 Å². The molecule has 0 fully saturated rings. The molecular formula is C28H32N4O8. The van der Waals surface area contributed by atoms with Crippen LogP contribution >= 0.6 is 0 Å². The highest BCUT2D eigenvalue weighted by Crippen LogP contribution is 2.55. The topological polar surface area (TPSA) is 171 Å². The van der Waals surface area contributed by atoms with Crippen molar-refractivity contribution in [3.63, 3.8) is 0 Å². The number of benzene rings is 1. The largest absolute Gasteiger partial charge is 0.493 e. The van der Waals surface area contributed by atoms with Gasteiger partial charge in [-0.15, -0.1) is 0 Å². The summed E-state index contributed by atoms with van der Waals surface area (Å²) in [7, 11) is 1.56. The third-order valence-corrected chi connectivity index (χ3v) is 7.81. The van der Waals surface area contributed by atoms with E-state index in [4.69, 9.17) is 9.47 Å². The van der Waals surface area contributed by atoms with Crippen molar-refractivity contribution in [2.24, 2.45) is 0 Å². The Morgan fingerprint density at radius 1 is 1.15 bits per heavy atom. The van der Waals surface area contributed by atoms with E-state index in [1.165, 1.54) is 24.5 Å². The number of amides is 3. The molecule has 2 aromatic rings. The molecule has 3 aliphatic rings. The number of rotatable bonds is 8. The van der Waals surface area contributed by atoms with E-state index in [0.717, 1.165) is 11.1 Å². The van der Waals surface area contributed by atoms with Gasteiger partial charge in [0.1, 0.15) is 18.2 Å². The highest BCUT2D eigenvalue weighted by molar-refractivity contribution is 5.98. The summed E-state index contributed by atoms with van der Waals surface area (Å²) >= 11 is 0. The molecule has 40 heavy (non-hydrogen) atoms. The summed E-state index contributed by atoms with van der Waals surface area (Å²) in [5, 5.41) is 35.0. The maximum absolute atomic E-state index is 13.6. The molecule has 5 rings (SSSR count). The van der Waals surface area contributed by atoms with Crippen molar-refractivity contribution in [3.8, 4) is 11.5 Å². The van der Waals surface area contributed by atoms with Gasteiger partial charge < -0.3 is 40.3 Å².